The normalized spacial score (nSPS) is 19.2. The molecular formula is C15H22SiZr. The van der Waals surface area contributed by atoms with Crippen molar-refractivity contribution in [1.82, 2.24) is 0 Å². The summed E-state index contributed by atoms with van der Waals surface area (Å²) < 4.78 is 0. The summed E-state index contributed by atoms with van der Waals surface area (Å²) in [6.45, 7) is 8.89. The standard InChI is InChI=1S/C8H11.C5H5.C2H6Si.Zr/c1-3-8-5-4-7(2)6-8;1-2-4-5-3-1;1-3-2;/h4-5,8H,3H2,1-2H3;1-3H,4H2;1-2H3;/q2*-1;;+2. The molecule has 0 bridgehead atoms. The molecule has 0 radical (unpaired) electrons. The fourth-order valence-electron chi connectivity index (χ4n) is 1.23. The largest absolute Gasteiger partial charge is 0.273 e. The Bertz CT molecular complexity index is 321. The van der Waals surface area contributed by atoms with E-state index in [1.807, 2.05) is 12.2 Å². The zero-order valence-corrected chi connectivity index (χ0v) is 14.8. The Morgan fingerprint density at radius 1 is 1.47 bits per heavy atom. The van der Waals surface area contributed by atoms with Crippen LogP contribution in [0.1, 0.15) is 26.7 Å². The maximum atomic E-state index is 3.31. The fraction of sp³-hybridized carbons (Fsp3) is 0.467. The fourth-order valence-corrected chi connectivity index (χ4v) is 1.23. The molecule has 0 spiro atoms. The minimum absolute atomic E-state index is 0.210. The molecule has 0 fully saturated rings. The predicted molar refractivity (Wildman–Crippen MR) is 74.4 cm³/mol. The predicted octanol–water partition coefficient (Wildman–Crippen LogP) is 4.42. The molecule has 0 nitrogen and oxygen atoms in total. The molecule has 0 saturated carbocycles. The van der Waals surface area contributed by atoms with Crippen molar-refractivity contribution in [2.45, 2.75) is 39.8 Å². The Labute approximate surface area is 122 Å². The van der Waals surface area contributed by atoms with Gasteiger partial charge in [0, 0.05) is 0 Å². The van der Waals surface area contributed by atoms with Gasteiger partial charge in [-0.2, -0.15) is 12.2 Å². The summed E-state index contributed by atoms with van der Waals surface area (Å²) in [6, 6.07) is 0. The average Bonchev–Trinajstić information content (AvgIpc) is 2.89. The zero-order chi connectivity index (χ0) is 13.1. The van der Waals surface area contributed by atoms with E-state index in [1.54, 1.807) is 23.3 Å². The van der Waals surface area contributed by atoms with E-state index in [0.717, 1.165) is 6.42 Å². The van der Waals surface area contributed by atoms with E-state index < -0.39 is 0 Å². The van der Waals surface area contributed by atoms with E-state index in [9.17, 15) is 0 Å². The van der Waals surface area contributed by atoms with Crippen LogP contribution in [0.5, 0.6) is 0 Å². The van der Waals surface area contributed by atoms with Gasteiger partial charge in [0.05, 0.1) is 0 Å². The molecule has 2 aliphatic rings. The van der Waals surface area contributed by atoms with Crippen molar-refractivity contribution in [1.29, 1.82) is 0 Å². The molecule has 0 saturated heterocycles. The second-order valence-electron chi connectivity index (χ2n) is 4.20. The molecule has 0 aromatic rings. The van der Waals surface area contributed by atoms with Gasteiger partial charge in [-0.25, -0.2) is 23.8 Å². The Kier molecular flexibility index (Phi) is 11.2. The quantitative estimate of drug-likeness (QED) is 0.495. The van der Waals surface area contributed by atoms with Gasteiger partial charge in [-0.1, -0.05) is 26.2 Å². The van der Waals surface area contributed by atoms with Crippen LogP contribution in [0.2, 0.25) is 13.1 Å². The van der Waals surface area contributed by atoms with Crippen molar-refractivity contribution in [3.05, 3.63) is 48.1 Å². The minimum Gasteiger partial charge on any atom is -0.273 e. The van der Waals surface area contributed by atoms with E-state index in [-0.39, 0.29) is 5.43 Å². The first kappa shape index (κ1) is 17.1. The van der Waals surface area contributed by atoms with Gasteiger partial charge < -0.3 is 0 Å². The van der Waals surface area contributed by atoms with E-state index in [0.29, 0.717) is 5.92 Å². The first-order valence-corrected chi connectivity index (χ1v) is 12.3. The average molecular weight is 322 g/mol. The first-order valence-electron chi connectivity index (χ1n) is 6.08. The van der Waals surface area contributed by atoms with E-state index >= 15 is 0 Å². The summed E-state index contributed by atoms with van der Waals surface area (Å²) >= 11 is 1.74. The number of hydrogen-bond acceptors (Lipinski definition) is 0. The van der Waals surface area contributed by atoms with Crippen LogP contribution < -0.4 is 0 Å². The van der Waals surface area contributed by atoms with Crippen LogP contribution in [0.3, 0.4) is 0 Å². The second kappa shape index (κ2) is 11.2. The number of allylic oxidation sites excluding steroid dienone is 8. The molecule has 2 rings (SSSR count). The van der Waals surface area contributed by atoms with Crippen LogP contribution in [-0.2, 0) is 23.3 Å². The second-order valence-corrected chi connectivity index (χ2v) is 13.6. The van der Waals surface area contributed by atoms with Crippen LogP contribution in [0.25, 0.3) is 0 Å². The van der Waals surface area contributed by atoms with E-state index in [2.05, 4.69) is 57.3 Å². The van der Waals surface area contributed by atoms with Crippen molar-refractivity contribution in [2.75, 3.05) is 0 Å². The third-order valence-electron chi connectivity index (χ3n) is 2.02. The van der Waals surface area contributed by atoms with Gasteiger partial charge in [-0.05, 0) is 0 Å². The summed E-state index contributed by atoms with van der Waals surface area (Å²) in [5.41, 5.74) is 1.50. The Balaban J connectivity index is 0.000000246. The monoisotopic (exact) mass is 320 g/mol. The van der Waals surface area contributed by atoms with Crippen molar-refractivity contribution < 1.29 is 23.3 Å². The smallest absolute Gasteiger partial charge is 0.109 e. The van der Waals surface area contributed by atoms with Gasteiger partial charge in [0.1, 0.15) is 0 Å². The van der Waals surface area contributed by atoms with Gasteiger partial charge in [-0.15, -0.1) is 6.42 Å². The molecule has 90 valence electrons. The van der Waals surface area contributed by atoms with Gasteiger partial charge in [0.2, 0.25) is 0 Å². The molecule has 0 aromatic carbocycles. The summed E-state index contributed by atoms with van der Waals surface area (Å²) in [4.78, 5) is 0. The Hall–Kier alpha value is 0.0600. The van der Waals surface area contributed by atoms with Crippen LogP contribution in [0, 0.1) is 18.1 Å². The van der Waals surface area contributed by atoms with E-state index in [4.69, 9.17) is 0 Å². The van der Waals surface area contributed by atoms with Crippen LogP contribution in [-0.4, -0.2) is 5.43 Å². The van der Waals surface area contributed by atoms with Crippen LogP contribution in [0.15, 0.2) is 36.0 Å². The van der Waals surface area contributed by atoms with Gasteiger partial charge in [0.25, 0.3) is 0 Å². The van der Waals surface area contributed by atoms with E-state index in [1.165, 1.54) is 12.0 Å². The van der Waals surface area contributed by atoms with Crippen molar-refractivity contribution in [3.8, 4) is 0 Å². The zero-order valence-electron chi connectivity index (χ0n) is 11.4. The molecule has 0 N–H and O–H groups in total. The molecule has 1 atom stereocenters. The van der Waals surface area contributed by atoms with Crippen molar-refractivity contribution >= 4 is 5.43 Å². The molecule has 1 unspecified atom stereocenters. The van der Waals surface area contributed by atoms with Gasteiger partial charge in [0.15, 0.2) is 0 Å². The molecule has 0 amide bonds. The summed E-state index contributed by atoms with van der Waals surface area (Å²) in [5.74, 6) is 0.606. The molecule has 0 heterocycles. The SMILES string of the molecule is CCC1[C-]=C(C)C=C1.C[Si](C)=[Zr+2].[C-]1=CC=CC1. The molecule has 17 heavy (non-hydrogen) atoms. The summed E-state index contributed by atoms with van der Waals surface area (Å²) in [6.07, 6.45) is 18.8. The van der Waals surface area contributed by atoms with Crippen LogP contribution >= 0.6 is 0 Å². The molecular weight excluding hydrogens is 299 g/mol. The maximum absolute atomic E-state index is 3.31. The third kappa shape index (κ3) is 12.3. The minimum atomic E-state index is 0.210. The number of hydrogen-bond donors (Lipinski definition) is 0. The third-order valence-corrected chi connectivity index (χ3v) is 2.02. The Morgan fingerprint density at radius 2 is 2.12 bits per heavy atom. The topological polar surface area (TPSA) is 0 Å². The van der Waals surface area contributed by atoms with Gasteiger partial charge in [-0.3, -0.25) is 12.2 Å². The molecule has 2 heteroatoms. The first-order chi connectivity index (χ1) is 8.06. The van der Waals surface area contributed by atoms with Crippen molar-refractivity contribution in [3.63, 3.8) is 0 Å². The van der Waals surface area contributed by atoms with Gasteiger partial charge >= 0.3 is 41.9 Å². The molecule has 0 aliphatic heterocycles. The summed E-state index contributed by atoms with van der Waals surface area (Å²) in [5, 5.41) is 0. The number of rotatable bonds is 1. The van der Waals surface area contributed by atoms with Crippen molar-refractivity contribution in [2.24, 2.45) is 5.92 Å². The van der Waals surface area contributed by atoms with Crippen LogP contribution in [0.4, 0.5) is 0 Å². The Morgan fingerprint density at radius 3 is 2.29 bits per heavy atom. The summed E-state index contributed by atoms with van der Waals surface area (Å²) in [7, 11) is 0. The molecule has 0 aromatic heterocycles. The molecule has 2 aliphatic carbocycles. The maximum Gasteiger partial charge on any atom is -0.109 e.